The van der Waals surface area contributed by atoms with Gasteiger partial charge in [0, 0.05) is 5.39 Å². The predicted molar refractivity (Wildman–Crippen MR) is 84.5 cm³/mol. The van der Waals surface area contributed by atoms with Crippen molar-refractivity contribution in [2.24, 2.45) is 5.73 Å². The van der Waals surface area contributed by atoms with Crippen LogP contribution >= 0.6 is 15.9 Å². The van der Waals surface area contributed by atoms with Crippen LogP contribution in [0.3, 0.4) is 0 Å². The van der Waals surface area contributed by atoms with Crippen molar-refractivity contribution in [2.75, 3.05) is 0 Å². The van der Waals surface area contributed by atoms with Crippen LogP contribution < -0.4 is 10.5 Å². The Morgan fingerprint density at radius 3 is 2.57 bits per heavy atom. The van der Waals surface area contributed by atoms with E-state index in [0.29, 0.717) is 5.75 Å². The zero-order chi connectivity index (χ0) is 14.8. The fraction of sp³-hybridized carbons (Fsp3) is 0. The number of ether oxygens (including phenoxy) is 1. The number of carbonyl (C=O) groups is 1. The highest BCUT2D eigenvalue weighted by Crippen LogP contribution is 2.31. The zero-order valence-corrected chi connectivity index (χ0v) is 12.5. The largest absolute Gasteiger partial charge is 0.437 e. The summed E-state index contributed by atoms with van der Waals surface area (Å²) in [6.07, 6.45) is 0. The maximum atomic E-state index is 11.6. The summed E-state index contributed by atoms with van der Waals surface area (Å²) in [7, 11) is 0. The molecule has 104 valence electrons. The Labute approximate surface area is 129 Å². The number of fused-ring (bicyclic) bond motifs is 1. The summed E-state index contributed by atoms with van der Waals surface area (Å²) >= 11 is 3.40. The highest BCUT2D eigenvalue weighted by molar-refractivity contribution is 9.10. The summed E-state index contributed by atoms with van der Waals surface area (Å²) in [4.78, 5) is 16.0. The number of hydrogen-bond acceptors (Lipinski definition) is 3. The van der Waals surface area contributed by atoms with Crippen molar-refractivity contribution in [3.63, 3.8) is 0 Å². The van der Waals surface area contributed by atoms with Crippen LogP contribution in [0.1, 0.15) is 10.4 Å². The van der Waals surface area contributed by atoms with Gasteiger partial charge in [0.2, 0.25) is 5.88 Å². The van der Waals surface area contributed by atoms with E-state index in [-0.39, 0.29) is 11.4 Å². The Morgan fingerprint density at radius 2 is 1.81 bits per heavy atom. The number of halogens is 1. The molecule has 0 spiro atoms. The van der Waals surface area contributed by atoms with E-state index in [1.165, 1.54) is 0 Å². The number of carbonyl (C=O) groups excluding carboxylic acids is 1. The monoisotopic (exact) mass is 342 g/mol. The van der Waals surface area contributed by atoms with Crippen LogP contribution in [0.25, 0.3) is 10.9 Å². The minimum Gasteiger partial charge on any atom is -0.437 e. The van der Waals surface area contributed by atoms with Crippen molar-refractivity contribution in [1.29, 1.82) is 0 Å². The molecule has 21 heavy (non-hydrogen) atoms. The molecule has 1 heterocycles. The molecule has 5 heteroatoms. The molecule has 0 saturated heterocycles. The van der Waals surface area contributed by atoms with E-state index in [9.17, 15) is 4.79 Å². The summed E-state index contributed by atoms with van der Waals surface area (Å²) in [6, 6.07) is 16.5. The Hall–Kier alpha value is -2.40. The number of hydrogen-bond donors (Lipinski definition) is 1. The van der Waals surface area contributed by atoms with Crippen LogP contribution in [0.2, 0.25) is 0 Å². The van der Waals surface area contributed by atoms with E-state index < -0.39 is 5.91 Å². The third-order valence-corrected chi connectivity index (χ3v) is 3.65. The highest BCUT2D eigenvalue weighted by atomic mass is 79.9. The minimum absolute atomic E-state index is 0.202. The molecule has 0 radical (unpaired) electrons. The zero-order valence-electron chi connectivity index (χ0n) is 10.9. The molecular formula is C16H11BrN2O2. The van der Waals surface area contributed by atoms with Gasteiger partial charge in [0.15, 0.2) is 0 Å². The molecular weight excluding hydrogens is 332 g/mol. The minimum atomic E-state index is -0.574. The number of rotatable bonds is 3. The lowest BCUT2D eigenvalue weighted by Gasteiger charge is -2.10. The van der Waals surface area contributed by atoms with E-state index in [2.05, 4.69) is 20.9 Å². The smallest absolute Gasteiger partial charge is 0.254 e. The van der Waals surface area contributed by atoms with Gasteiger partial charge in [-0.2, -0.15) is 0 Å². The first kappa shape index (κ1) is 13.6. The number of benzene rings is 2. The van der Waals surface area contributed by atoms with Crippen molar-refractivity contribution in [3.05, 3.63) is 64.6 Å². The molecule has 0 bridgehead atoms. The fourth-order valence-electron chi connectivity index (χ4n) is 1.98. The molecule has 0 fully saturated rings. The number of primary amides is 1. The third kappa shape index (κ3) is 2.73. The molecule has 1 aromatic heterocycles. The average molecular weight is 343 g/mol. The Morgan fingerprint density at radius 1 is 1.10 bits per heavy atom. The molecule has 3 rings (SSSR count). The molecule has 0 atom stereocenters. The summed E-state index contributed by atoms with van der Waals surface area (Å²) in [5, 5.41) is 0.839. The topological polar surface area (TPSA) is 65.2 Å². The molecule has 0 aliphatic rings. The Kier molecular flexibility index (Phi) is 3.58. The summed E-state index contributed by atoms with van der Waals surface area (Å²) in [5.41, 5.74) is 6.42. The van der Waals surface area contributed by atoms with Crippen LogP contribution in [-0.2, 0) is 0 Å². The first-order chi connectivity index (χ1) is 10.1. The average Bonchev–Trinajstić information content (AvgIpc) is 2.48. The number of aromatic nitrogens is 1. The second kappa shape index (κ2) is 5.54. The lowest BCUT2D eigenvalue weighted by molar-refractivity contribution is 0.0997. The van der Waals surface area contributed by atoms with Crippen molar-refractivity contribution >= 4 is 32.7 Å². The number of nitrogens with two attached hydrogens (primary N) is 1. The molecule has 2 N–H and O–H groups in total. The third-order valence-electron chi connectivity index (χ3n) is 3.00. The van der Waals surface area contributed by atoms with Gasteiger partial charge in [-0.3, -0.25) is 4.79 Å². The van der Waals surface area contributed by atoms with Gasteiger partial charge in [-0.05, 0) is 40.2 Å². The summed E-state index contributed by atoms with van der Waals surface area (Å²) in [6.45, 7) is 0. The lowest BCUT2D eigenvalue weighted by atomic mass is 10.1. The molecule has 2 aromatic carbocycles. The lowest BCUT2D eigenvalue weighted by Crippen LogP contribution is -2.13. The number of nitrogens with zero attached hydrogens (tertiary/aromatic N) is 1. The fourth-order valence-corrected chi connectivity index (χ4v) is 2.35. The maximum absolute atomic E-state index is 11.6. The van der Waals surface area contributed by atoms with Gasteiger partial charge in [0.1, 0.15) is 11.3 Å². The van der Waals surface area contributed by atoms with Crippen molar-refractivity contribution in [2.45, 2.75) is 0 Å². The predicted octanol–water partition coefficient (Wildman–Crippen LogP) is 3.89. The quantitative estimate of drug-likeness (QED) is 0.785. The molecule has 0 aliphatic heterocycles. The van der Waals surface area contributed by atoms with E-state index >= 15 is 0 Å². The standard InChI is InChI=1S/C16H11BrN2O2/c17-12-6-2-4-8-14(12)21-16-11(15(18)20)9-10-5-1-3-7-13(10)19-16/h1-9H,(H2,18,20). The van der Waals surface area contributed by atoms with Crippen molar-refractivity contribution < 1.29 is 9.53 Å². The normalized spacial score (nSPS) is 10.5. The van der Waals surface area contributed by atoms with E-state index in [0.717, 1.165) is 15.4 Å². The van der Waals surface area contributed by atoms with Crippen molar-refractivity contribution in [1.82, 2.24) is 4.98 Å². The molecule has 0 aliphatic carbocycles. The molecule has 4 nitrogen and oxygen atoms in total. The van der Waals surface area contributed by atoms with E-state index in [4.69, 9.17) is 10.5 Å². The van der Waals surface area contributed by atoms with Crippen LogP contribution in [-0.4, -0.2) is 10.9 Å². The summed E-state index contributed by atoms with van der Waals surface area (Å²) in [5.74, 6) is 0.200. The first-order valence-electron chi connectivity index (χ1n) is 6.27. The van der Waals surface area contributed by atoms with Crippen LogP contribution in [0.4, 0.5) is 0 Å². The number of pyridine rings is 1. The molecule has 0 unspecified atom stereocenters. The van der Waals surface area contributed by atoms with Gasteiger partial charge in [-0.1, -0.05) is 30.3 Å². The Bertz CT molecular complexity index is 833. The van der Waals surface area contributed by atoms with Gasteiger partial charge >= 0.3 is 0 Å². The second-order valence-corrected chi connectivity index (χ2v) is 5.28. The van der Waals surface area contributed by atoms with Gasteiger partial charge in [-0.15, -0.1) is 0 Å². The first-order valence-corrected chi connectivity index (χ1v) is 7.06. The van der Waals surface area contributed by atoms with Gasteiger partial charge < -0.3 is 10.5 Å². The number of amides is 1. The van der Waals surface area contributed by atoms with E-state index in [1.54, 1.807) is 12.1 Å². The van der Waals surface area contributed by atoms with Crippen molar-refractivity contribution in [3.8, 4) is 11.6 Å². The van der Waals surface area contributed by atoms with E-state index in [1.807, 2.05) is 42.5 Å². The SMILES string of the molecule is NC(=O)c1cc2ccccc2nc1Oc1ccccc1Br. The van der Waals surface area contributed by atoms with Crippen LogP contribution in [0.15, 0.2) is 59.1 Å². The van der Waals surface area contributed by atoms with Crippen LogP contribution in [0, 0.1) is 0 Å². The molecule has 0 saturated carbocycles. The second-order valence-electron chi connectivity index (χ2n) is 4.43. The van der Waals surface area contributed by atoms with Gasteiger partial charge in [0.25, 0.3) is 5.91 Å². The molecule has 1 amide bonds. The van der Waals surface area contributed by atoms with Crippen LogP contribution in [0.5, 0.6) is 11.6 Å². The highest BCUT2D eigenvalue weighted by Gasteiger charge is 2.14. The number of para-hydroxylation sites is 2. The Balaban J connectivity index is 2.14. The summed E-state index contributed by atoms with van der Waals surface area (Å²) < 4.78 is 6.52. The van der Waals surface area contributed by atoms with Gasteiger partial charge in [-0.25, -0.2) is 4.98 Å². The molecule has 3 aromatic rings. The van der Waals surface area contributed by atoms with Gasteiger partial charge in [0.05, 0.1) is 9.99 Å². The maximum Gasteiger partial charge on any atom is 0.254 e.